The smallest absolute Gasteiger partial charge is 0.163 e. The van der Waals surface area contributed by atoms with Gasteiger partial charge in [0, 0.05) is 47.6 Å². The summed E-state index contributed by atoms with van der Waals surface area (Å²) in [5, 5.41) is 4.74. The molecule has 1 aliphatic carbocycles. The van der Waals surface area contributed by atoms with E-state index in [1.807, 2.05) is 0 Å². The standard InChI is InChI=1S/C19H21IN4S/c1-3-12-6-5-7-13(10-12)17-22-18(21-14-8-9-14)16-11-15(4-2)24(25-20)19(16)23-17/h5-7,10-11,14H,3-4,8-9H2,1-2H3,(H,21,22,23). The highest BCUT2D eigenvalue weighted by Crippen LogP contribution is 2.35. The number of hydrogen-bond donors (Lipinski definition) is 1. The van der Waals surface area contributed by atoms with Crippen molar-refractivity contribution in [3.63, 3.8) is 0 Å². The van der Waals surface area contributed by atoms with E-state index in [9.17, 15) is 0 Å². The molecule has 2 aromatic heterocycles. The van der Waals surface area contributed by atoms with Gasteiger partial charge in [0.25, 0.3) is 0 Å². The summed E-state index contributed by atoms with van der Waals surface area (Å²) in [4.78, 5) is 9.84. The molecule has 1 fully saturated rings. The second-order valence-electron chi connectivity index (χ2n) is 6.46. The van der Waals surface area contributed by atoms with Gasteiger partial charge >= 0.3 is 0 Å². The molecule has 0 unspecified atom stereocenters. The molecular formula is C19H21IN4S. The van der Waals surface area contributed by atoms with Gasteiger partial charge in [0.15, 0.2) is 11.5 Å². The molecule has 3 aromatic rings. The monoisotopic (exact) mass is 464 g/mol. The minimum Gasteiger partial charge on any atom is -0.367 e. The minimum atomic E-state index is 0.564. The first kappa shape index (κ1) is 17.1. The topological polar surface area (TPSA) is 42.7 Å². The van der Waals surface area contributed by atoms with E-state index in [1.165, 1.54) is 24.1 Å². The SMILES string of the molecule is CCc1cccc(-c2nc(NC3CC3)c3cc(CC)n(SI)c3n2)c1. The van der Waals surface area contributed by atoms with Crippen LogP contribution in [0.5, 0.6) is 0 Å². The van der Waals surface area contributed by atoms with E-state index in [1.54, 1.807) is 9.12 Å². The third kappa shape index (κ3) is 3.38. The zero-order valence-corrected chi connectivity index (χ0v) is 17.4. The van der Waals surface area contributed by atoms with Gasteiger partial charge in [0.2, 0.25) is 0 Å². The Morgan fingerprint density at radius 3 is 2.72 bits per heavy atom. The lowest BCUT2D eigenvalue weighted by atomic mass is 10.1. The fraction of sp³-hybridized carbons (Fsp3) is 0.368. The summed E-state index contributed by atoms with van der Waals surface area (Å²) in [7, 11) is 1.68. The molecule has 1 aliphatic rings. The zero-order valence-electron chi connectivity index (χ0n) is 14.4. The van der Waals surface area contributed by atoms with Crippen LogP contribution in [-0.2, 0) is 12.8 Å². The highest BCUT2D eigenvalue weighted by molar-refractivity contribution is 14.2. The van der Waals surface area contributed by atoms with E-state index in [0.717, 1.165) is 41.1 Å². The Labute approximate surface area is 164 Å². The number of nitrogens with zero attached hydrogens (tertiary/aromatic N) is 3. The van der Waals surface area contributed by atoms with Gasteiger partial charge in [-0.15, -0.1) is 0 Å². The van der Waals surface area contributed by atoms with Crippen LogP contribution >= 0.6 is 30.3 Å². The van der Waals surface area contributed by atoms with Crippen LogP contribution in [0.1, 0.15) is 37.9 Å². The van der Waals surface area contributed by atoms with Crippen molar-refractivity contribution in [2.24, 2.45) is 0 Å². The van der Waals surface area contributed by atoms with Gasteiger partial charge < -0.3 is 5.32 Å². The van der Waals surface area contributed by atoms with Crippen molar-refractivity contribution in [1.82, 2.24) is 13.9 Å². The lowest BCUT2D eigenvalue weighted by molar-refractivity contribution is 1.03. The lowest BCUT2D eigenvalue weighted by Crippen LogP contribution is -2.05. The van der Waals surface area contributed by atoms with Crippen LogP contribution in [0.15, 0.2) is 30.3 Å². The fourth-order valence-electron chi connectivity index (χ4n) is 3.02. The Hall–Kier alpha value is -1.28. The Morgan fingerprint density at radius 2 is 2.04 bits per heavy atom. The van der Waals surface area contributed by atoms with E-state index >= 15 is 0 Å². The number of rotatable bonds is 6. The van der Waals surface area contributed by atoms with E-state index in [-0.39, 0.29) is 0 Å². The van der Waals surface area contributed by atoms with Crippen molar-refractivity contribution in [2.45, 2.75) is 45.6 Å². The maximum Gasteiger partial charge on any atom is 0.163 e. The second kappa shape index (κ2) is 7.15. The molecule has 1 aromatic carbocycles. The predicted octanol–water partition coefficient (Wildman–Crippen LogP) is 5.64. The number of aromatic nitrogens is 3. The molecule has 2 heterocycles. The molecule has 25 heavy (non-hydrogen) atoms. The Balaban J connectivity index is 1.91. The summed E-state index contributed by atoms with van der Waals surface area (Å²) < 4.78 is 2.23. The van der Waals surface area contributed by atoms with Crippen molar-refractivity contribution < 1.29 is 0 Å². The van der Waals surface area contributed by atoms with Gasteiger partial charge in [-0.3, -0.25) is 3.97 Å². The summed E-state index contributed by atoms with van der Waals surface area (Å²) in [6.07, 6.45) is 4.46. The van der Waals surface area contributed by atoms with Crippen LogP contribution in [0, 0.1) is 0 Å². The maximum atomic E-state index is 4.93. The van der Waals surface area contributed by atoms with Gasteiger partial charge in [-0.25, -0.2) is 9.97 Å². The molecule has 0 spiro atoms. The third-order valence-electron chi connectivity index (χ3n) is 4.63. The van der Waals surface area contributed by atoms with Crippen LogP contribution in [0.2, 0.25) is 0 Å². The van der Waals surface area contributed by atoms with E-state index in [4.69, 9.17) is 9.97 Å². The van der Waals surface area contributed by atoms with Gasteiger partial charge in [-0.2, -0.15) is 0 Å². The summed E-state index contributed by atoms with van der Waals surface area (Å²) in [5.41, 5.74) is 4.68. The summed E-state index contributed by atoms with van der Waals surface area (Å²) in [6.45, 7) is 4.36. The molecule has 130 valence electrons. The number of benzene rings is 1. The molecule has 0 amide bonds. The molecule has 6 heteroatoms. The number of halogens is 1. The largest absolute Gasteiger partial charge is 0.367 e. The number of aryl methyl sites for hydroxylation is 2. The van der Waals surface area contributed by atoms with Crippen molar-refractivity contribution >= 4 is 47.2 Å². The molecule has 1 saturated carbocycles. The lowest BCUT2D eigenvalue weighted by Gasteiger charge is -2.10. The Morgan fingerprint density at radius 1 is 1.20 bits per heavy atom. The first-order chi connectivity index (χ1) is 12.2. The van der Waals surface area contributed by atoms with Gasteiger partial charge in [-0.05, 0) is 43.4 Å². The number of fused-ring (bicyclic) bond motifs is 1. The number of anilines is 1. The van der Waals surface area contributed by atoms with Gasteiger partial charge in [0.1, 0.15) is 5.82 Å². The van der Waals surface area contributed by atoms with Crippen molar-refractivity contribution in [3.8, 4) is 11.4 Å². The minimum absolute atomic E-state index is 0.564. The van der Waals surface area contributed by atoms with Gasteiger partial charge in [-0.1, -0.05) is 32.0 Å². The Bertz CT molecular complexity index is 917. The molecule has 4 nitrogen and oxygen atoms in total. The Kier molecular flexibility index (Phi) is 4.90. The molecule has 1 N–H and O–H groups in total. The zero-order chi connectivity index (χ0) is 17.4. The summed E-state index contributed by atoms with van der Waals surface area (Å²) in [5.74, 6) is 1.78. The molecular weight excluding hydrogens is 443 g/mol. The average molecular weight is 464 g/mol. The van der Waals surface area contributed by atoms with Crippen LogP contribution < -0.4 is 5.32 Å². The van der Waals surface area contributed by atoms with Crippen molar-refractivity contribution in [1.29, 1.82) is 0 Å². The van der Waals surface area contributed by atoms with E-state index in [0.29, 0.717) is 6.04 Å². The maximum absolute atomic E-state index is 4.93. The first-order valence-electron chi connectivity index (χ1n) is 8.80. The highest BCUT2D eigenvalue weighted by Gasteiger charge is 2.24. The van der Waals surface area contributed by atoms with Crippen LogP contribution in [-0.4, -0.2) is 20.0 Å². The van der Waals surface area contributed by atoms with Gasteiger partial charge in [0.05, 0.1) is 5.39 Å². The van der Waals surface area contributed by atoms with Crippen LogP contribution in [0.4, 0.5) is 5.82 Å². The van der Waals surface area contributed by atoms with Crippen molar-refractivity contribution in [3.05, 3.63) is 41.6 Å². The van der Waals surface area contributed by atoms with Crippen molar-refractivity contribution in [2.75, 3.05) is 5.32 Å². The van der Waals surface area contributed by atoms with E-state index in [2.05, 4.69) is 74.7 Å². The van der Waals surface area contributed by atoms with Crippen LogP contribution in [0.3, 0.4) is 0 Å². The molecule has 4 rings (SSSR count). The second-order valence-corrected chi connectivity index (χ2v) is 8.14. The highest BCUT2D eigenvalue weighted by atomic mass is 127. The normalized spacial score (nSPS) is 14.2. The molecule has 0 radical (unpaired) electrons. The number of nitrogens with one attached hydrogen (secondary N) is 1. The summed E-state index contributed by atoms with van der Waals surface area (Å²) in [6, 6.07) is 11.4. The molecule has 0 aliphatic heterocycles. The summed E-state index contributed by atoms with van der Waals surface area (Å²) >= 11 is 2.33. The average Bonchev–Trinajstić information content (AvgIpc) is 3.39. The first-order valence-corrected chi connectivity index (χ1v) is 12.1. The predicted molar refractivity (Wildman–Crippen MR) is 115 cm³/mol. The molecule has 0 bridgehead atoms. The molecule has 0 atom stereocenters. The third-order valence-corrected chi connectivity index (χ3v) is 6.36. The number of hydrogen-bond acceptors (Lipinski definition) is 4. The van der Waals surface area contributed by atoms with Crippen LogP contribution in [0.25, 0.3) is 22.4 Å². The molecule has 0 saturated heterocycles. The quantitative estimate of drug-likeness (QED) is 0.480. The van der Waals surface area contributed by atoms with E-state index < -0.39 is 0 Å². The fourth-order valence-corrected chi connectivity index (χ4v) is 4.81.